The zero-order valence-electron chi connectivity index (χ0n) is 11.3. The number of carbonyl (C=O) groups is 2. The molecule has 0 N–H and O–H groups in total. The third-order valence-electron chi connectivity index (χ3n) is 4.26. The highest BCUT2D eigenvalue weighted by atomic mass is 79.9. The van der Waals surface area contributed by atoms with Crippen LogP contribution in [0, 0.1) is 11.8 Å². The van der Waals surface area contributed by atoms with Crippen molar-refractivity contribution in [2.24, 2.45) is 11.8 Å². The van der Waals surface area contributed by atoms with Crippen LogP contribution in [0.3, 0.4) is 0 Å². The Morgan fingerprint density at radius 1 is 1.15 bits per heavy atom. The van der Waals surface area contributed by atoms with Crippen molar-refractivity contribution >= 4 is 27.7 Å². The number of halogens is 1. The summed E-state index contributed by atoms with van der Waals surface area (Å²) in [5.41, 5.74) is 0.979. The SMILES string of the molecule is CC(c1cccc(Br)c1)N1C(=O)[C@H]2CC=CC[C@H]2C1=O. The maximum Gasteiger partial charge on any atom is 0.233 e. The fourth-order valence-corrected chi connectivity index (χ4v) is 3.54. The summed E-state index contributed by atoms with van der Waals surface area (Å²) < 4.78 is 0.958. The zero-order valence-corrected chi connectivity index (χ0v) is 12.8. The summed E-state index contributed by atoms with van der Waals surface area (Å²) in [6.45, 7) is 1.92. The topological polar surface area (TPSA) is 37.4 Å². The quantitative estimate of drug-likeness (QED) is 0.614. The number of hydrogen-bond acceptors (Lipinski definition) is 2. The van der Waals surface area contributed by atoms with Crippen molar-refractivity contribution < 1.29 is 9.59 Å². The molecule has 1 aromatic carbocycles. The Morgan fingerprint density at radius 3 is 2.30 bits per heavy atom. The van der Waals surface area contributed by atoms with E-state index < -0.39 is 0 Å². The summed E-state index contributed by atoms with van der Waals surface area (Å²) in [4.78, 5) is 26.5. The largest absolute Gasteiger partial charge is 0.275 e. The first-order chi connectivity index (χ1) is 9.59. The molecule has 0 saturated carbocycles. The lowest BCUT2D eigenvalue weighted by atomic mass is 9.85. The summed E-state index contributed by atoms with van der Waals surface area (Å²) >= 11 is 3.43. The van der Waals surface area contributed by atoms with Crippen LogP contribution in [0.25, 0.3) is 0 Å². The predicted molar refractivity (Wildman–Crippen MR) is 79.8 cm³/mol. The molecule has 0 spiro atoms. The molecule has 1 aliphatic carbocycles. The Morgan fingerprint density at radius 2 is 1.75 bits per heavy atom. The smallest absolute Gasteiger partial charge is 0.233 e. The number of benzene rings is 1. The Balaban J connectivity index is 1.90. The van der Waals surface area contributed by atoms with Gasteiger partial charge in [0.05, 0.1) is 17.9 Å². The lowest BCUT2D eigenvalue weighted by Crippen LogP contribution is -2.33. The van der Waals surface area contributed by atoms with Crippen LogP contribution in [0.5, 0.6) is 0 Å². The molecule has 0 radical (unpaired) electrons. The summed E-state index contributed by atoms with van der Waals surface area (Å²) in [6, 6.07) is 7.57. The van der Waals surface area contributed by atoms with Crippen LogP contribution in [0.15, 0.2) is 40.9 Å². The van der Waals surface area contributed by atoms with Crippen molar-refractivity contribution in [1.29, 1.82) is 0 Å². The van der Waals surface area contributed by atoms with Crippen molar-refractivity contribution in [2.75, 3.05) is 0 Å². The minimum absolute atomic E-state index is 0.0168. The third-order valence-corrected chi connectivity index (χ3v) is 4.75. The molecule has 3 atom stereocenters. The van der Waals surface area contributed by atoms with Gasteiger partial charge in [0, 0.05) is 4.47 Å². The Labute approximate surface area is 126 Å². The van der Waals surface area contributed by atoms with Crippen LogP contribution >= 0.6 is 15.9 Å². The average Bonchev–Trinajstić information content (AvgIpc) is 2.71. The van der Waals surface area contributed by atoms with Gasteiger partial charge in [-0.15, -0.1) is 0 Å². The van der Waals surface area contributed by atoms with Crippen molar-refractivity contribution in [3.05, 3.63) is 46.5 Å². The number of hydrogen-bond donors (Lipinski definition) is 0. The first-order valence-electron chi connectivity index (χ1n) is 6.87. The first-order valence-corrected chi connectivity index (χ1v) is 7.66. The van der Waals surface area contributed by atoms with Crippen LogP contribution in [0.2, 0.25) is 0 Å². The zero-order chi connectivity index (χ0) is 14.3. The van der Waals surface area contributed by atoms with Crippen molar-refractivity contribution in [1.82, 2.24) is 4.90 Å². The maximum absolute atomic E-state index is 12.5. The van der Waals surface area contributed by atoms with Gasteiger partial charge in [-0.2, -0.15) is 0 Å². The lowest BCUT2D eigenvalue weighted by molar-refractivity contribution is -0.142. The van der Waals surface area contributed by atoms with E-state index in [1.807, 2.05) is 43.3 Å². The van der Waals surface area contributed by atoms with Gasteiger partial charge in [-0.1, -0.05) is 40.2 Å². The molecule has 3 rings (SSSR count). The molecule has 0 bridgehead atoms. The highest BCUT2D eigenvalue weighted by molar-refractivity contribution is 9.10. The molecule has 2 amide bonds. The number of nitrogens with zero attached hydrogens (tertiary/aromatic N) is 1. The van der Waals surface area contributed by atoms with Gasteiger partial charge in [0.1, 0.15) is 0 Å². The van der Waals surface area contributed by atoms with Gasteiger partial charge in [-0.25, -0.2) is 0 Å². The Kier molecular flexibility index (Phi) is 3.50. The number of fused-ring (bicyclic) bond motifs is 1. The maximum atomic E-state index is 12.5. The van der Waals surface area contributed by atoms with E-state index in [4.69, 9.17) is 0 Å². The highest BCUT2D eigenvalue weighted by Gasteiger charge is 2.48. The molecule has 104 valence electrons. The molecule has 1 fully saturated rings. The van der Waals surface area contributed by atoms with E-state index in [2.05, 4.69) is 15.9 Å². The number of imide groups is 1. The second-order valence-corrected chi connectivity index (χ2v) is 6.35. The van der Waals surface area contributed by atoms with Crippen LogP contribution in [-0.4, -0.2) is 16.7 Å². The van der Waals surface area contributed by atoms with Gasteiger partial charge in [-0.3, -0.25) is 14.5 Å². The van der Waals surface area contributed by atoms with Crippen LogP contribution in [0.1, 0.15) is 31.4 Å². The summed E-state index contributed by atoms with van der Waals surface area (Å²) in [7, 11) is 0. The van der Waals surface area contributed by atoms with Gasteiger partial charge in [0.25, 0.3) is 0 Å². The minimum Gasteiger partial charge on any atom is -0.275 e. The number of carbonyl (C=O) groups excluding carboxylic acids is 2. The molecule has 1 saturated heterocycles. The van der Waals surface area contributed by atoms with Gasteiger partial charge in [-0.05, 0) is 37.5 Å². The van der Waals surface area contributed by atoms with Crippen LogP contribution < -0.4 is 0 Å². The van der Waals surface area contributed by atoms with E-state index in [0.717, 1.165) is 10.0 Å². The van der Waals surface area contributed by atoms with Crippen molar-refractivity contribution in [3.8, 4) is 0 Å². The third kappa shape index (κ3) is 2.12. The molecular formula is C16H16BrNO2. The number of allylic oxidation sites excluding steroid dienone is 2. The van der Waals surface area contributed by atoms with Gasteiger partial charge >= 0.3 is 0 Å². The standard InChI is InChI=1S/C16H16BrNO2/c1-10(11-5-4-6-12(17)9-11)18-15(19)13-7-2-3-8-14(13)16(18)20/h2-6,9-10,13-14H,7-8H2,1H3/t10?,13-,14+. The van der Waals surface area contributed by atoms with Crippen molar-refractivity contribution in [3.63, 3.8) is 0 Å². The van der Waals surface area contributed by atoms with Crippen molar-refractivity contribution in [2.45, 2.75) is 25.8 Å². The Bertz CT molecular complexity index is 570. The molecule has 4 heteroatoms. The molecule has 2 aliphatic rings. The highest BCUT2D eigenvalue weighted by Crippen LogP contribution is 2.39. The number of amides is 2. The molecular weight excluding hydrogens is 318 g/mol. The molecule has 1 unspecified atom stereocenters. The second kappa shape index (κ2) is 5.17. The van der Waals surface area contributed by atoms with E-state index in [1.54, 1.807) is 0 Å². The normalized spacial score (nSPS) is 26.8. The van der Waals surface area contributed by atoms with E-state index in [-0.39, 0.29) is 29.7 Å². The average molecular weight is 334 g/mol. The number of rotatable bonds is 2. The molecule has 1 heterocycles. The number of likely N-dealkylation sites (tertiary alicyclic amines) is 1. The molecule has 1 aromatic rings. The van der Waals surface area contributed by atoms with Crippen LogP contribution in [0.4, 0.5) is 0 Å². The first kappa shape index (κ1) is 13.6. The van der Waals surface area contributed by atoms with Crippen LogP contribution in [-0.2, 0) is 9.59 Å². The molecule has 20 heavy (non-hydrogen) atoms. The summed E-state index contributed by atoms with van der Waals surface area (Å²) in [5, 5.41) is 0. The molecule has 0 aromatic heterocycles. The Hall–Kier alpha value is -1.42. The summed E-state index contributed by atoms with van der Waals surface area (Å²) in [5.74, 6) is -0.335. The summed E-state index contributed by atoms with van der Waals surface area (Å²) in [6.07, 6.45) is 5.41. The fraction of sp³-hybridized carbons (Fsp3) is 0.375. The lowest BCUT2D eigenvalue weighted by Gasteiger charge is -2.23. The van der Waals surface area contributed by atoms with E-state index in [9.17, 15) is 9.59 Å². The molecule has 3 nitrogen and oxygen atoms in total. The van der Waals surface area contributed by atoms with Gasteiger partial charge < -0.3 is 0 Å². The fourth-order valence-electron chi connectivity index (χ4n) is 3.12. The second-order valence-electron chi connectivity index (χ2n) is 5.43. The molecule has 1 aliphatic heterocycles. The van der Waals surface area contributed by atoms with Gasteiger partial charge in [0.2, 0.25) is 11.8 Å². The van der Waals surface area contributed by atoms with E-state index in [1.165, 1.54) is 4.90 Å². The van der Waals surface area contributed by atoms with Gasteiger partial charge in [0.15, 0.2) is 0 Å². The predicted octanol–water partition coefficient (Wildman–Crippen LogP) is 3.46. The van der Waals surface area contributed by atoms with E-state index in [0.29, 0.717) is 12.8 Å². The van der Waals surface area contributed by atoms with E-state index >= 15 is 0 Å². The monoisotopic (exact) mass is 333 g/mol. The minimum atomic E-state index is -0.210.